The first-order chi connectivity index (χ1) is 10.2. The molecule has 1 fully saturated rings. The van der Waals surface area contributed by atoms with E-state index in [0.29, 0.717) is 0 Å². The van der Waals surface area contributed by atoms with E-state index in [2.05, 4.69) is 11.2 Å². The van der Waals surface area contributed by atoms with Crippen molar-refractivity contribution >= 4 is 17.5 Å². The second-order valence-electron chi connectivity index (χ2n) is 5.58. The van der Waals surface area contributed by atoms with Gasteiger partial charge in [-0.15, -0.1) is 0 Å². The van der Waals surface area contributed by atoms with Crippen LogP contribution in [0.15, 0.2) is 24.3 Å². The number of carbonyl (C=O) groups excluding carboxylic acids is 1. The normalized spacial score (nSPS) is 19.4. The first-order valence-electron chi connectivity index (χ1n) is 7.64. The molecular formula is C17H25NO2S. The number of thioether (sulfide) groups is 1. The van der Waals surface area contributed by atoms with E-state index in [1.165, 1.54) is 12.2 Å². The van der Waals surface area contributed by atoms with Gasteiger partial charge in [-0.2, -0.15) is 11.8 Å². The van der Waals surface area contributed by atoms with Crippen molar-refractivity contribution in [2.45, 2.75) is 19.3 Å². The molecule has 3 nitrogen and oxygen atoms in total. The SMILES string of the molecule is COc1cccc(C(=O)C2CCCN(CCCSC)C2)c1. The summed E-state index contributed by atoms with van der Waals surface area (Å²) in [5.74, 6) is 2.36. The molecule has 2 rings (SSSR count). The van der Waals surface area contributed by atoms with Gasteiger partial charge in [0.1, 0.15) is 5.75 Å². The molecule has 0 radical (unpaired) electrons. The fourth-order valence-electron chi connectivity index (χ4n) is 2.92. The molecule has 0 saturated carbocycles. The lowest BCUT2D eigenvalue weighted by Crippen LogP contribution is -2.39. The van der Waals surface area contributed by atoms with Gasteiger partial charge in [0, 0.05) is 18.0 Å². The number of piperidine rings is 1. The Morgan fingerprint density at radius 2 is 2.33 bits per heavy atom. The number of rotatable bonds is 7. The van der Waals surface area contributed by atoms with Crippen LogP contribution in [0.5, 0.6) is 5.75 Å². The number of benzene rings is 1. The van der Waals surface area contributed by atoms with Gasteiger partial charge in [0.15, 0.2) is 5.78 Å². The highest BCUT2D eigenvalue weighted by Crippen LogP contribution is 2.23. The minimum atomic E-state index is 0.139. The smallest absolute Gasteiger partial charge is 0.167 e. The third-order valence-corrected chi connectivity index (χ3v) is 4.75. The largest absolute Gasteiger partial charge is 0.497 e. The molecule has 21 heavy (non-hydrogen) atoms. The minimum absolute atomic E-state index is 0.139. The molecule has 1 aromatic rings. The lowest BCUT2D eigenvalue weighted by Gasteiger charge is -2.32. The van der Waals surface area contributed by atoms with Crippen molar-refractivity contribution < 1.29 is 9.53 Å². The number of nitrogens with zero attached hydrogens (tertiary/aromatic N) is 1. The van der Waals surface area contributed by atoms with E-state index in [4.69, 9.17) is 4.74 Å². The highest BCUT2D eigenvalue weighted by Gasteiger charge is 2.26. The third-order valence-electron chi connectivity index (χ3n) is 4.05. The number of ether oxygens (including phenoxy) is 1. The molecule has 1 saturated heterocycles. The highest BCUT2D eigenvalue weighted by molar-refractivity contribution is 7.98. The molecule has 1 aromatic carbocycles. The molecule has 0 aromatic heterocycles. The van der Waals surface area contributed by atoms with Gasteiger partial charge in [-0.25, -0.2) is 0 Å². The van der Waals surface area contributed by atoms with Crippen LogP contribution in [0.25, 0.3) is 0 Å². The number of carbonyl (C=O) groups is 1. The van der Waals surface area contributed by atoms with Crippen molar-refractivity contribution in [3.63, 3.8) is 0 Å². The number of ketones is 1. The van der Waals surface area contributed by atoms with Crippen LogP contribution in [0.3, 0.4) is 0 Å². The third kappa shape index (κ3) is 4.75. The summed E-state index contributed by atoms with van der Waals surface area (Å²) in [7, 11) is 1.64. The first-order valence-corrected chi connectivity index (χ1v) is 9.03. The highest BCUT2D eigenvalue weighted by atomic mass is 32.2. The van der Waals surface area contributed by atoms with Crippen molar-refractivity contribution in [3.8, 4) is 5.75 Å². The maximum absolute atomic E-state index is 12.7. The minimum Gasteiger partial charge on any atom is -0.497 e. The van der Waals surface area contributed by atoms with E-state index in [0.717, 1.165) is 43.8 Å². The number of Topliss-reactive ketones (excluding diaryl/α,β-unsaturated/α-hetero) is 1. The van der Waals surface area contributed by atoms with Gasteiger partial charge in [-0.05, 0) is 56.5 Å². The number of likely N-dealkylation sites (tertiary alicyclic amines) is 1. The van der Waals surface area contributed by atoms with Gasteiger partial charge in [0.05, 0.1) is 7.11 Å². The average molecular weight is 307 g/mol. The van der Waals surface area contributed by atoms with Crippen LogP contribution in [0, 0.1) is 5.92 Å². The summed E-state index contributed by atoms with van der Waals surface area (Å²) >= 11 is 1.89. The predicted molar refractivity (Wildman–Crippen MR) is 89.5 cm³/mol. The fourth-order valence-corrected chi connectivity index (χ4v) is 3.33. The summed E-state index contributed by atoms with van der Waals surface area (Å²) in [5, 5.41) is 0. The van der Waals surface area contributed by atoms with Gasteiger partial charge in [0.2, 0.25) is 0 Å². The number of hydrogen-bond donors (Lipinski definition) is 0. The van der Waals surface area contributed by atoms with Gasteiger partial charge >= 0.3 is 0 Å². The summed E-state index contributed by atoms with van der Waals surface area (Å²) in [6.45, 7) is 3.16. The molecule has 0 bridgehead atoms. The zero-order valence-corrected chi connectivity index (χ0v) is 13.8. The van der Waals surface area contributed by atoms with E-state index >= 15 is 0 Å². The summed E-state index contributed by atoms with van der Waals surface area (Å²) in [5.41, 5.74) is 0.783. The molecule has 0 aliphatic carbocycles. The van der Waals surface area contributed by atoms with Gasteiger partial charge in [0.25, 0.3) is 0 Å². The molecule has 1 aliphatic rings. The van der Waals surface area contributed by atoms with Crippen LogP contribution >= 0.6 is 11.8 Å². The first kappa shape index (κ1) is 16.4. The van der Waals surface area contributed by atoms with Gasteiger partial charge < -0.3 is 9.64 Å². The standard InChI is InChI=1S/C17H25NO2S/c1-20-16-8-3-6-14(12-16)17(19)15-7-4-9-18(13-15)10-5-11-21-2/h3,6,8,12,15H,4-5,7,9-11,13H2,1-2H3. The quantitative estimate of drug-likeness (QED) is 0.571. The Balaban J connectivity index is 1.94. The Hall–Kier alpha value is -1.00. The van der Waals surface area contributed by atoms with Crippen LogP contribution in [-0.4, -0.2) is 49.4 Å². The molecular weight excluding hydrogens is 282 g/mol. The van der Waals surface area contributed by atoms with E-state index in [-0.39, 0.29) is 11.7 Å². The van der Waals surface area contributed by atoms with Crippen LogP contribution in [0.2, 0.25) is 0 Å². The zero-order valence-electron chi connectivity index (χ0n) is 13.0. The van der Waals surface area contributed by atoms with Crippen molar-refractivity contribution in [1.29, 1.82) is 0 Å². The lowest BCUT2D eigenvalue weighted by molar-refractivity contribution is 0.0820. The molecule has 4 heteroatoms. The fraction of sp³-hybridized carbons (Fsp3) is 0.588. The van der Waals surface area contributed by atoms with Crippen molar-refractivity contribution in [1.82, 2.24) is 4.90 Å². The second-order valence-corrected chi connectivity index (χ2v) is 6.57. The topological polar surface area (TPSA) is 29.5 Å². The molecule has 116 valence electrons. The van der Waals surface area contributed by atoms with Gasteiger partial charge in [-0.3, -0.25) is 4.79 Å². The summed E-state index contributed by atoms with van der Waals surface area (Å²) in [4.78, 5) is 15.1. The van der Waals surface area contributed by atoms with Gasteiger partial charge in [-0.1, -0.05) is 12.1 Å². The molecule has 0 N–H and O–H groups in total. The molecule has 1 aliphatic heterocycles. The summed E-state index contributed by atoms with van der Waals surface area (Å²) in [6, 6.07) is 7.53. The Morgan fingerprint density at radius 1 is 1.48 bits per heavy atom. The maximum atomic E-state index is 12.7. The van der Waals surface area contributed by atoms with E-state index < -0.39 is 0 Å². The van der Waals surface area contributed by atoms with Crippen molar-refractivity contribution in [2.75, 3.05) is 38.8 Å². The van der Waals surface area contributed by atoms with Crippen molar-refractivity contribution in [3.05, 3.63) is 29.8 Å². The van der Waals surface area contributed by atoms with E-state index in [9.17, 15) is 4.79 Å². The molecule has 1 heterocycles. The van der Waals surface area contributed by atoms with Crippen molar-refractivity contribution in [2.24, 2.45) is 5.92 Å². The van der Waals surface area contributed by atoms with Crippen LogP contribution in [-0.2, 0) is 0 Å². The Bertz CT molecular complexity index is 464. The Labute approximate surface area is 132 Å². The lowest BCUT2D eigenvalue weighted by atomic mass is 9.90. The summed E-state index contributed by atoms with van der Waals surface area (Å²) < 4.78 is 5.21. The molecule has 0 spiro atoms. The zero-order chi connectivity index (χ0) is 15.1. The van der Waals surface area contributed by atoms with Crippen LogP contribution in [0.4, 0.5) is 0 Å². The Morgan fingerprint density at radius 3 is 3.10 bits per heavy atom. The van der Waals surface area contributed by atoms with E-state index in [1.54, 1.807) is 7.11 Å². The second kappa shape index (κ2) is 8.44. The molecule has 1 unspecified atom stereocenters. The monoisotopic (exact) mass is 307 g/mol. The summed E-state index contributed by atoms with van der Waals surface area (Å²) in [6.07, 6.45) is 5.49. The predicted octanol–water partition coefficient (Wildman–Crippen LogP) is 3.34. The van der Waals surface area contributed by atoms with E-state index in [1.807, 2.05) is 36.0 Å². The number of hydrogen-bond acceptors (Lipinski definition) is 4. The van der Waals surface area contributed by atoms with Crippen LogP contribution < -0.4 is 4.74 Å². The number of methoxy groups -OCH3 is 1. The maximum Gasteiger partial charge on any atom is 0.167 e. The molecule has 0 amide bonds. The molecule has 1 atom stereocenters. The average Bonchev–Trinajstić information content (AvgIpc) is 2.55. The van der Waals surface area contributed by atoms with Crippen LogP contribution in [0.1, 0.15) is 29.6 Å². The Kier molecular flexibility index (Phi) is 6.58.